The average Bonchev–Trinajstić information content (AvgIpc) is 2.49. The highest BCUT2D eigenvalue weighted by Crippen LogP contribution is 2.24. The average molecular weight is 260 g/mol. The van der Waals surface area contributed by atoms with E-state index in [1.54, 1.807) is 6.07 Å². The van der Waals surface area contributed by atoms with Crippen molar-refractivity contribution < 1.29 is 4.39 Å². The Labute approximate surface area is 87.7 Å². The summed E-state index contributed by atoms with van der Waals surface area (Å²) >= 11 is 4.77. The monoisotopic (exact) mass is 259 g/mol. The molecule has 1 nitrogen and oxygen atoms in total. The molecule has 0 spiro atoms. The summed E-state index contributed by atoms with van der Waals surface area (Å²) in [6.07, 6.45) is 0.860. The first-order chi connectivity index (χ1) is 6.31. The Morgan fingerprint density at radius 1 is 1.46 bits per heavy atom. The van der Waals surface area contributed by atoms with E-state index in [9.17, 15) is 4.39 Å². The van der Waals surface area contributed by atoms with E-state index in [-0.39, 0.29) is 5.82 Å². The molecular formula is C9H7BrFNS. The van der Waals surface area contributed by atoms with Crippen molar-refractivity contribution >= 4 is 37.5 Å². The topological polar surface area (TPSA) is 12.9 Å². The summed E-state index contributed by atoms with van der Waals surface area (Å²) < 4.78 is 13.9. The van der Waals surface area contributed by atoms with Gasteiger partial charge in [0.25, 0.3) is 0 Å². The van der Waals surface area contributed by atoms with E-state index >= 15 is 0 Å². The Balaban J connectivity index is 2.55. The van der Waals surface area contributed by atoms with Gasteiger partial charge in [-0.2, -0.15) is 0 Å². The quantitative estimate of drug-likeness (QED) is 0.754. The standard InChI is InChI=1S/C9H7BrFNS/c10-5-4-8-12-7-3-1-2-6(11)9(7)13-8/h1-3H,4-5H2. The normalized spacial score (nSPS) is 10.9. The molecule has 0 aliphatic rings. The summed E-state index contributed by atoms with van der Waals surface area (Å²) in [6.45, 7) is 0. The zero-order valence-corrected chi connectivity index (χ0v) is 9.16. The lowest BCUT2D eigenvalue weighted by molar-refractivity contribution is 0.641. The van der Waals surface area contributed by atoms with Gasteiger partial charge in [0.15, 0.2) is 0 Å². The van der Waals surface area contributed by atoms with Crippen molar-refractivity contribution in [2.45, 2.75) is 6.42 Å². The van der Waals surface area contributed by atoms with Crippen LogP contribution in [0.2, 0.25) is 0 Å². The van der Waals surface area contributed by atoms with Crippen LogP contribution in [0.15, 0.2) is 18.2 Å². The lowest BCUT2D eigenvalue weighted by Crippen LogP contribution is -1.81. The van der Waals surface area contributed by atoms with Gasteiger partial charge < -0.3 is 0 Å². The third-order valence-electron chi connectivity index (χ3n) is 1.72. The van der Waals surface area contributed by atoms with Crippen molar-refractivity contribution in [2.24, 2.45) is 0 Å². The minimum absolute atomic E-state index is 0.171. The molecule has 0 radical (unpaired) electrons. The molecule has 0 unspecified atom stereocenters. The van der Waals surface area contributed by atoms with E-state index in [0.29, 0.717) is 4.70 Å². The minimum atomic E-state index is -0.171. The van der Waals surface area contributed by atoms with Crippen LogP contribution in [0, 0.1) is 5.82 Å². The highest BCUT2D eigenvalue weighted by molar-refractivity contribution is 9.09. The first-order valence-corrected chi connectivity index (χ1v) is 5.85. The molecule has 2 rings (SSSR count). The van der Waals surface area contributed by atoms with E-state index in [0.717, 1.165) is 22.3 Å². The predicted octanol–water partition coefficient (Wildman–Crippen LogP) is 3.37. The number of aromatic nitrogens is 1. The number of aryl methyl sites for hydroxylation is 1. The van der Waals surface area contributed by atoms with E-state index in [2.05, 4.69) is 20.9 Å². The molecule has 1 heterocycles. The zero-order chi connectivity index (χ0) is 9.26. The van der Waals surface area contributed by atoms with Crippen LogP contribution in [0.1, 0.15) is 5.01 Å². The molecule has 0 saturated carbocycles. The highest BCUT2D eigenvalue weighted by Gasteiger charge is 2.06. The number of nitrogens with zero attached hydrogens (tertiary/aromatic N) is 1. The molecule has 0 aliphatic heterocycles. The van der Waals surface area contributed by atoms with Gasteiger partial charge in [0.1, 0.15) is 5.82 Å². The second-order valence-electron chi connectivity index (χ2n) is 2.63. The van der Waals surface area contributed by atoms with Crippen LogP contribution >= 0.6 is 27.3 Å². The number of halogens is 2. The van der Waals surface area contributed by atoms with E-state index in [1.165, 1.54) is 17.4 Å². The third kappa shape index (κ3) is 1.74. The molecule has 0 bridgehead atoms. The lowest BCUT2D eigenvalue weighted by Gasteiger charge is -1.86. The van der Waals surface area contributed by atoms with Gasteiger partial charge in [-0.25, -0.2) is 9.37 Å². The maximum Gasteiger partial charge on any atom is 0.142 e. The molecular weight excluding hydrogens is 253 g/mol. The van der Waals surface area contributed by atoms with Gasteiger partial charge in [-0.05, 0) is 12.1 Å². The van der Waals surface area contributed by atoms with Gasteiger partial charge >= 0.3 is 0 Å². The number of hydrogen-bond acceptors (Lipinski definition) is 2. The second kappa shape index (κ2) is 3.72. The summed E-state index contributed by atoms with van der Waals surface area (Å²) in [4.78, 5) is 4.31. The molecule has 2 aromatic rings. The number of fused-ring (bicyclic) bond motifs is 1. The maximum absolute atomic E-state index is 13.2. The van der Waals surface area contributed by atoms with Crippen LogP contribution in [-0.4, -0.2) is 10.3 Å². The van der Waals surface area contributed by atoms with Gasteiger partial charge in [0.2, 0.25) is 0 Å². The lowest BCUT2D eigenvalue weighted by atomic mass is 10.3. The van der Waals surface area contributed by atoms with Crippen LogP contribution < -0.4 is 0 Å². The Bertz CT molecular complexity index is 426. The van der Waals surface area contributed by atoms with Crippen molar-refractivity contribution in [2.75, 3.05) is 5.33 Å². The molecule has 0 N–H and O–H groups in total. The third-order valence-corrected chi connectivity index (χ3v) is 3.26. The Morgan fingerprint density at radius 2 is 2.31 bits per heavy atom. The molecule has 13 heavy (non-hydrogen) atoms. The molecule has 0 aliphatic carbocycles. The summed E-state index contributed by atoms with van der Waals surface area (Å²) in [5.74, 6) is -0.171. The van der Waals surface area contributed by atoms with E-state index in [1.807, 2.05) is 6.07 Å². The maximum atomic E-state index is 13.2. The van der Waals surface area contributed by atoms with Gasteiger partial charge in [0, 0.05) is 11.8 Å². The molecule has 0 atom stereocenters. The van der Waals surface area contributed by atoms with Crippen molar-refractivity contribution in [3.63, 3.8) is 0 Å². The van der Waals surface area contributed by atoms with Gasteiger partial charge in [-0.3, -0.25) is 0 Å². The van der Waals surface area contributed by atoms with E-state index in [4.69, 9.17) is 0 Å². The first kappa shape index (κ1) is 9.09. The highest BCUT2D eigenvalue weighted by atomic mass is 79.9. The van der Waals surface area contributed by atoms with Crippen molar-refractivity contribution in [3.05, 3.63) is 29.0 Å². The summed E-state index contributed by atoms with van der Waals surface area (Å²) in [6, 6.07) is 5.00. The van der Waals surface area contributed by atoms with Crippen LogP contribution in [0.3, 0.4) is 0 Å². The van der Waals surface area contributed by atoms with Crippen molar-refractivity contribution in [1.29, 1.82) is 0 Å². The van der Waals surface area contributed by atoms with Crippen molar-refractivity contribution in [3.8, 4) is 0 Å². The van der Waals surface area contributed by atoms with E-state index < -0.39 is 0 Å². The van der Waals surface area contributed by atoms with Gasteiger partial charge in [-0.15, -0.1) is 11.3 Å². The number of benzene rings is 1. The van der Waals surface area contributed by atoms with Crippen LogP contribution in [0.25, 0.3) is 10.2 Å². The summed E-state index contributed by atoms with van der Waals surface area (Å²) in [5, 5.41) is 1.85. The number of hydrogen-bond donors (Lipinski definition) is 0. The summed E-state index contributed by atoms with van der Waals surface area (Å²) in [7, 11) is 0. The minimum Gasteiger partial charge on any atom is -0.241 e. The van der Waals surface area contributed by atoms with Gasteiger partial charge in [0.05, 0.1) is 15.2 Å². The molecule has 4 heteroatoms. The smallest absolute Gasteiger partial charge is 0.142 e. The number of rotatable bonds is 2. The Morgan fingerprint density at radius 3 is 3.00 bits per heavy atom. The van der Waals surface area contributed by atoms with Crippen LogP contribution in [-0.2, 0) is 6.42 Å². The molecule has 0 saturated heterocycles. The largest absolute Gasteiger partial charge is 0.241 e. The van der Waals surface area contributed by atoms with Crippen molar-refractivity contribution in [1.82, 2.24) is 4.98 Å². The Kier molecular flexibility index (Phi) is 2.60. The molecule has 0 amide bonds. The molecule has 1 aromatic carbocycles. The van der Waals surface area contributed by atoms with Gasteiger partial charge in [-0.1, -0.05) is 22.0 Å². The molecule has 0 fully saturated rings. The number of alkyl halides is 1. The van der Waals surface area contributed by atoms with Crippen LogP contribution in [0.5, 0.6) is 0 Å². The zero-order valence-electron chi connectivity index (χ0n) is 6.76. The van der Waals surface area contributed by atoms with Crippen LogP contribution in [0.4, 0.5) is 4.39 Å². The Hall–Kier alpha value is -0.480. The SMILES string of the molecule is Fc1cccc2nc(CCBr)sc12. The molecule has 1 aromatic heterocycles. The summed E-state index contributed by atoms with van der Waals surface area (Å²) in [5.41, 5.74) is 0.765. The first-order valence-electron chi connectivity index (χ1n) is 3.91. The number of thiazole rings is 1. The fraction of sp³-hybridized carbons (Fsp3) is 0.222. The molecule has 68 valence electrons. The predicted molar refractivity (Wildman–Crippen MR) is 57.1 cm³/mol. The fourth-order valence-electron chi connectivity index (χ4n) is 1.15. The second-order valence-corrected chi connectivity index (χ2v) is 4.51. The fourth-order valence-corrected chi connectivity index (χ4v) is 2.75.